The van der Waals surface area contributed by atoms with E-state index in [1.165, 1.54) is 29.9 Å². The number of nitrogens with zero attached hydrogens (tertiary/aromatic N) is 4. The number of aryl methyl sites for hydroxylation is 1. The number of aromatic nitrogens is 3. The Morgan fingerprint density at radius 2 is 1.81 bits per heavy atom. The van der Waals surface area contributed by atoms with Gasteiger partial charge in [-0.3, -0.25) is 4.79 Å². The number of benzene rings is 2. The van der Waals surface area contributed by atoms with Crippen LogP contribution < -0.4 is 4.90 Å². The molecule has 1 amide bonds. The summed E-state index contributed by atoms with van der Waals surface area (Å²) < 4.78 is 42.4. The molecular weight excluding hydrogens is 417 g/mol. The number of fused-ring (bicyclic) bond motifs is 1. The molecule has 2 heterocycles. The minimum atomic E-state index is -4.50. The molecule has 1 aliphatic heterocycles. The quantitative estimate of drug-likeness (QED) is 0.587. The van der Waals surface area contributed by atoms with Crippen LogP contribution >= 0.6 is 0 Å². The lowest BCUT2D eigenvalue weighted by molar-refractivity contribution is -0.138. The van der Waals surface area contributed by atoms with Gasteiger partial charge in [-0.05, 0) is 66.5 Å². The van der Waals surface area contributed by atoms with Crippen LogP contribution in [0.4, 0.5) is 18.9 Å². The summed E-state index contributed by atoms with van der Waals surface area (Å²) in [6, 6.07) is 11.5. The van der Waals surface area contributed by atoms with E-state index in [-0.39, 0.29) is 23.1 Å². The lowest BCUT2D eigenvalue weighted by Crippen LogP contribution is -2.45. The summed E-state index contributed by atoms with van der Waals surface area (Å²) in [5, 5.41) is 8.48. The molecule has 1 spiro atoms. The molecule has 2 aliphatic carbocycles. The van der Waals surface area contributed by atoms with Crippen molar-refractivity contribution in [1.82, 2.24) is 14.8 Å². The van der Waals surface area contributed by atoms with Gasteiger partial charge in [-0.15, -0.1) is 10.2 Å². The molecule has 0 bridgehead atoms. The summed E-state index contributed by atoms with van der Waals surface area (Å²) in [4.78, 5) is 14.5. The smallest absolute Gasteiger partial charge is 0.320 e. The lowest BCUT2D eigenvalue weighted by atomic mass is 9.56. The Kier molecular flexibility index (Phi) is 3.79. The van der Waals surface area contributed by atoms with Crippen LogP contribution in [0.15, 0.2) is 48.8 Å². The van der Waals surface area contributed by atoms with Crippen LogP contribution in [0.25, 0.3) is 0 Å². The van der Waals surface area contributed by atoms with Crippen molar-refractivity contribution in [3.8, 4) is 0 Å². The number of hydrogen-bond donors (Lipinski definition) is 0. The van der Waals surface area contributed by atoms with E-state index in [4.69, 9.17) is 0 Å². The zero-order valence-electron chi connectivity index (χ0n) is 17.5. The fraction of sp³-hybridized carbons (Fsp3) is 0.375. The monoisotopic (exact) mass is 438 g/mol. The molecule has 0 radical (unpaired) electrons. The van der Waals surface area contributed by atoms with E-state index >= 15 is 0 Å². The van der Waals surface area contributed by atoms with Crippen molar-refractivity contribution in [3.05, 3.63) is 76.9 Å². The van der Waals surface area contributed by atoms with E-state index in [2.05, 4.69) is 10.2 Å². The van der Waals surface area contributed by atoms with Gasteiger partial charge >= 0.3 is 6.18 Å². The maximum atomic E-state index is 13.5. The highest BCUT2D eigenvalue weighted by Gasteiger charge is 2.63. The normalized spacial score (nSPS) is 20.4. The van der Waals surface area contributed by atoms with Crippen LogP contribution in [-0.2, 0) is 25.2 Å². The van der Waals surface area contributed by atoms with Gasteiger partial charge in [-0.2, -0.15) is 13.2 Å². The highest BCUT2D eigenvalue weighted by Crippen LogP contribution is 2.70. The van der Waals surface area contributed by atoms with Crippen LogP contribution in [0.2, 0.25) is 0 Å². The first-order valence-corrected chi connectivity index (χ1v) is 10.7. The maximum absolute atomic E-state index is 13.5. The van der Waals surface area contributed by atoms with Crippen LogP contribution in [0.5, 0.6) is 0 Å². The summed E-state index contributed by atoms with van der Waals surface area (Å²) in [5.41, 5.74) is 1.15. The summed E-state index contributed by atoms with van der Waals surface area (Å²) in [7, 11) is 1.93. The van der Waals surface area contributed by atoms with Crippen molar-refractivity contribution in [2.75, 3.05) is 4.90 Å². The number of amides is 1. The molecule has 1 aromatic heterocycles. The maximum Gasteiger partial charge on any atom is 0.416 e. The fourth-order valence-corrected chi connectivity index (χ4v) is 5.75. The molecule has 0 atom stereocenters. The van der Waals surface area contributed by atoms with Gasteiger partial charge in [0.25, 0.3) is 5.91 Å². The van der Waals surface area contributed by atoms with Crippen molar-refractivity contribution in [1.29, 1.82) is 0 Å². The van der Waals surface area contributed by atoms with Gasteiger partial charge in [0.2, 0.25) is 0 Å². The highest BCUT2D eigenvalue weighted by molar-refractivity contribution is 6.10. The van der Waals surface area contributed by atoms with Gasteiger partial charge in [0.15, 0.2) is 0 Å². The summed E-state index contributed by atoms with van der Waals surface area (Å²) >= 11 is 0. The standard InChI is InChI=1S/C24H21F3N4O/c1-30-14-28-29-21(30)23(12-22(13-23)8-9-22)15-4-2-5-16(10-15)31-11-18-17(20(31)32)6-3-7-19(18)24(25,26)27/h2-7,10,14H,8-9,11-13H2,1H3. The van der Waals surface area contributed by atoms with Crippen molar-refractivity contribution in [2.45, 2.75) is 43.8 Å². The van der Waals surface area contributed by atoms with Crippen LogP contribution in [-0.4, -0.2) is 20.7 Å². The Labute approximate surface area is 182 Å². The summed E-state index contributed by atoms with van der Waals surface area (Å²) in [5.74, 6) is 0.491. The summed E-state index contributed by atoms with van der Waals surface area (Å²) in [6.45, 7) is -0.0891. The number of rotatable bonds is 3. The molecule has 5 nitrogen and oxygen atoms in total. The first kappa shape index (κ1) is 19.5. The Bertz CT molecular complexity index is 1250. The van der Waals surface area contributed by atoms with E-state index < -0.39 is 17.6 Å². The van der Waals surface area contributed by atoms with Gasteiger partial charge in [-0.1, -0.05) is 18.2 Å². The van der Waals surface area contributed by atoms with Crippen molar-refractivity contribution < 1.29 is 18.0 Å². The minimum absolute atomic E-state index is 0.0407. The topological polar surface area (TPSA) is 51.0 Å². The molecule has 6 rings (SSSR count). The van der Waals surface area contributed by atoms with E-state index in [1.54, 1.807) is 12.4 Å². The Morgan fingerprint density at radius 3 is 2.47 bits per heavy atom. The molecule has 0 N–H and O–H groups in total. The third kappa shape index (κ3) is 2.68. The van der Waals surface area contributed by atoms with Gasteiger partial charge in [-0.25, -0.2) is 0 Å². The molecular formula is C24H21F3N4O. The van der Waals surface area contributed by atoms with E-state index in [0.29, 0.717) is 11.1 Å². The molecule has 2 aromatic carbocycles. The molecule has 2 fully saturated rings. The second kappa shape index (κ2) is 6.21. The Morgan fingerprint density at radius 1 is 1.06 bits per heavy atom. The highest BCUT2D eigenvalue weighted by atomic mass is 19.4. The molecule has 8 heteroatoms. The average Bonchev–Trinajstić information content (AvgIpc) is 3.30. The van der Waals surface area contributed by atoms with E-state index in [1.807, 2.05) is 29.8 Å². The van der Waals surface area contributed by atoms with Crippen LogP contribution in [0, 0.1) is 5.41 Å². The lowest BCUT2D eigenvalue weighted by Gasteiger charge is -2.48. The van der Waals surface area contributed by atoms with Crippen molar-refractivity contribution in [3.63, 3.8) is 0 Å². The van der Waals surface area contributed by atoms with Crippen LogP contribution in [0.1, 0.15) is 58.6 Å². The predicted molar refractivity (Wildman–Crippen MR) is 111 cm³/mol. The first-order valence-electron chi connectivity index (χ1n) is 10.7. The molecule has 0 unspecified atom stereocenters. The Hall–Kier alpha value is -3.16. The minimum Gasteiger partial charge on any atom is -0.320 e. The fourth-order valence-electron chi connectivity index (χ4n) is 5.75. The zero-order chi connectivity index (χ0) is 22.3. The van der Waals surface area contributed by atoms with Gasteiger partial charge < -0.3 is 9.47 Å². The first-order chi connectivity index (χ1) is 15.2. The van der Waals surface area contributed by atoms with Gasteiger partial charge in [0, 0.05) is 18.3 Å². The molecule has 164 valence electrons. The molecule has 2 saturated carbocycles. The number of carbonyl (C=O) groups excluding carboxylic acids is 1. The largest absolute Gasteiger partial charge is 0.416 e. The number of carbonyl (C=O) groups is 1. The predicted octanol–water partition coefficient (Wildman–Crippen LogP) is 4.85. The third-order valence-electron chi connectivity index (χ3n) is 7.43. The number of alkyl halides is 3. The molecule has 3 aromatic rings. The number of hydrogen-bond acceptors (Lipinski definition) is 3. The molecule has 3 aliphatic rings. The van der Waals surface area contributed by atoms with E-state index in [0.717, 1.165) is 30.3 Å². The van der Waals surface area contributed by atoms with Crippen LogP contribution in [0.3, 0.4) is 0 Å². The number of anilines is 1. The van der Waals surface area contributed by atoms with Crippen molar-refractivity contribution in [2.24, 2.45) is 12.5 Å². The van der Waals surface area contributed by atoms with Gasteiger partial charge in [0.05, 0.1) is 17.5 Å². The molecule has 0 saturated heterocycles. The third-order valence-corrected chi connectivity index (χ3v) is 7.43. The van der Waals surface area contributed by atoms with Crippen molar-refractivity contribution >= 4 is 11.6 Å². The average molecular weight is 438 g/mol. The second-order valence-corrected chi connectivity index (χ2v) is 9.47. The molecule has 32 heavy (non-hydrogen) atoms. The second-order valence-electron chi connectivity index (χ2n) is 9.47. The van der Waals surface area contributed by atoms with Gasteiger partial charge in [0.1, 0.15) is 12.2 Å². The SMILES string of the molecule is Cn1cnnc1C1(c2cccc(N3Cc4c(cccc4C(F)(F)F)C3=O)c2)CC2(CC2)C1. The Balaban J connectivity index is 1.40. The number of halogens is 3. The summed E-state index contributed by atoms with van der Waals surface area (Å²) in [6.07, 6.45) is 1.57. The van der Waals surface area contributed by atoms with E-state index in [9.17, 15) is 18.0 Å². The zero-order valence-corrected chi connectivity index (χ0v) is 17.5.